The summed E-state index contributed by atoms with van der Waals surface area (Å²) in [4.78, 5) is 11.6. The largest absolute Gasteiger partial charge is 0.506 e. The fourth-order valence-electron chi connectivity index (χ4n) is 0.906. The van der Waals surface area contributed by atoms with Crippen LogP contribution in [0.5, 0.6) is 5.75 Å². The van der Waals surface area contributed by atoms with Crippen LogP contribution in [0.4, 0.5) is 0 Å². The number of hydrogen-bond donors (Lipinski definition) is 3. The van der Waals surface area contributed by atoms with Gasteiger partial charge in [0.05, 0.1) is 7.14 Å². The molecule has 0 radical (unpaired) electrons. The molecule has 86 valence electrons. The first-order valence-electron chi connectivity index (χ1n) is 3.89. The molecule has 1 amide bonds. The van der Waals surface area contributed by atoms with E-state index in [0.717, 1.165) is 0 Å². The molecular weight excluding hydrogens is 459 g/mol. The summed E-state index contributed by atoms with van der Waals surface area (Å²) in [5, 5.41) is 11.8. The highest BCUT2D eigenvalue weighted by Crippen LogP contribution is 2.27. The molecule has 5 nitrogen and oxygen atoms in total. The van der Waals surface area contributed by atoms with Crippen molar-refractivity contribution < 1.29 is 9.90 Å². The van der Waals surface area contributed by atoms with Gasteiger partial charge in [0, 0.05) is 17.3 Å². The fourth-order valence-corrected chi connectivity index (χ4v) is 2.72. The third kappa shape index (κ3) is 3.35. The van der Waals surface area contributed by atoms with Gasteiger partial charge < -0.3 is 10.8 Å². The molecule has 0 unspecified atom stereocenters. The monoisotopic (exact) mass is 465 g/mol. The number of phenols is 1. The molecule has 0 fully saturated rings. The predicted octanol–water partition coefficient (Wildman–Crippen LogP) is 1.80. The molecule has 1 aromatic rings. The van der Waals surface area contributed by atoms with Crippen molar-refractivity contribution in [1.82, 2.24) is 5.32 Å². The van der Waals surface area contributed by atoms with Crippen molar-refractivity contribution in [3.8, 4) is 5.75 Å². The van der Waals surface area contributed by atoms with Crippen molar-refractivity contribution in [2.24, 2.45) is 10.2 Å². The van der Waals surface area contributed by atoms with Gasteiger partial charge in [-0.05, 0) is 57.3 Å². The second-order valence-electron chi connectivity index (χ2n) is 2.71. The molecule has 8 heteroatoms. The van der Waals surface area contributed by atoms with Gasteiger partial charge in [-0.2, -0.15) is 0 Å². The number of hydrogen-bond acceptors (Lipinski definition) is 3. The minimum absolute atomic E-state index is 0.150. The van der Waals surface area contributed by atoms with Gasteiger partial charge >= 0.3 is 0 Å². The molecule has 0 saturated carbocycles. The van der Waals surface area contributed by atoms with Crippen LogP contribution < -0.4 is 11.1 Å². The third-order valence-electron chi connectivity index (χ3n) is 1.61. The van der Waals surface area contributed by atoms with Crippen LogP contribution in [-0.4, -0.2) is 17.0 Å². The van der Waals surface area contributed by atoms with Crippen LogP contribution in [0.1, 0.15) is 10.4 Å². The summed E-state index contributed by atoms with van der Waals surface area (Å²) in [5.41, 5.74) is 5.62. The maximum Gasteiger partial charge on any atom is 0.258 e. The lowest BCUT2D eigenvalue weighted by atomic mass is 10.2. The molecular formula is C8H6ClI2N3O2. The highest BCUT2D eigenvalue weighted by Gasteiger charge is 2.12. The van der Waals surface area contributed by atoms with E-state index in [9.17, 15) is 9.90 Å². The average molecular weight is 465 g/mol. The van der Waals surface area contributed by atoms with Crippen molar-refractivity contribution in [1.29, 1.82) is 0 Å². The molecule has 0 aromatic heterocycles. The molecule has 0 heterocycles. The van der Waals surface area contributed by atoms with Gasteiger partial charge in [0.25, 0.3) is 5.91 Å². The lowest BCUT2D eigenvalue weighted by Crippen LogP contribution is -2.36. The number of halogens is 3. The third-order valence-corrected chi connectivity index (χ3v) is 3.44. The molecule has 0 bridgehead atoms. The number of benzene rings is 1. The van der Waals surface area contributed by atoms with Gasteiger partial charge in [0.1, 0.15) is 5.75 Å². The van der Waals surface area contributed by atoms with E-state index < -0.39 is 5.91 Å². The van der Waals surface area contributed by atoms with Crippen LogP contribution in [-0.2, 0) is 0 Å². The lowest BCUT2D eigenvalue weighted by molar-refractivity contribution is 0.0976. The summed E-state index contributed by atoms with van der Waals surface area (Å²) < 4.78 is 4.26. The number of nitrogens with zero attached hydrogens (tertiary/aromatic N) is 1. The molecule has 0 aliphatic rings. The Balaban J connectivity index is 3.02. The van der Waals surface area contributed by atoms with Crippen LogP contribution in [0.2, 0.25) is 0 Å². The average Bonchev–Trinajstić information content (AvgIpc) is 2.24. The number of rotatable bonds is 1. The summed E-state index contributed by atoms with van der Waals surface area (Å²) in [6, 6.07) is 3.07. The van der Waals surface area contributed by atoms with Crippen LogP contribution in [0.25, 0.3) is 0 Å². The predicted molar refractivity (Wildman–Crippen MR) is 78.5 cm³/mol. The van der Waals surface area contributed by atoms with Crippen LogP contribution in [0.3, 0.4) is 0 Å². The number of guanidine groups is 1. The molecule has 1 rings (SSSR count). The van der Waals surface area contributed by atoms with E-state index in [1.165, 1.54) is 12.1 Å². The fraction of sp³-hybridized carbons (Fsp3) is 0. The smallest absolute Gasteiger partial charge is 0.258 e. The molecule has 0 spiro atoms. The van der Waals surface area contributed by atoms with Crippen LogP contribution in [0.15, 0.2) is 16.6 Å². The zero-order chi connectivity index (χ0) is 12.3. The molecule has 4 N–H and O–H groups in total. The number of amides is 1. The van der Waals surface area contributed by atoms with E-state index >= 15 is 0 Å². The van der Waals surface area contributed by atoms with Crippen LogP contribution >= 0.6 is 57.0 Å². The van der Waals surface area contributed by atoms with Gasteiger partial charge in [-0.3, -0.25) is 10.1 Å². The Labute approximate surface area is 124 Å². The normalized spacial score (nSPS) is 11.3. The van der Waals surface area contributed by atoms with E-state index in [2.05, 4.69) is 9.83 Å². The summed E-state index contributed by atoms with van der Waals surface area (Å²) in [6.07, 6.45) is 0. The van der Waals surface area contributed by atoms with Crippen molar-refractivity contribution in [3.63, 3.8) is 0 Å². The van der Waals surface area contributed by atoms with E-state index in [1.807, 2.05) is 45.2 Å². The SMILES string of the molecule is NC(=NCl)NC(=O)c1cc(I)c(O)c(I)c1. The summed E-state index contributed by atoms with van der Waals surface area (Å²) in [7, 11) is 0. The number of nitrogens with one attached hydrogen (secondary N) is 1. The second kappa shape index (κ2) is 5.87. The summed E-state index contributed by atoms with van der Waals surface area (Å²) in [6.45, 7) is 0. The topological polar surface area (TPSA) is 87.7 Å². The zero-order valence-corrected chi connectivity index (χ0v) is 12.7. The Bertz CT molecular complexity index is 442. The van der Waals surface area contributed by atoms with Gasteiger partial charge in [-0.15, -0.1) is 4.51 Å². The first-order chi connectivity index (χ1) is 7.45. The zero-order valence-electron chi connectivity index (χ0n) is 7.67. The Hall–Kier alpha value is -0.290. The molecule has 0 aliphatic heterocycles. The number of aromatic hydroxyl groups is 1. The molecule has 0 atom stereocenters. The molecule has 16 heavy (non-hydrogen) atoms. The minimum atomic E-state index is -0.433. The van der Waals surface area contributed by atoms with Crippen LogP contribution in [0, 0.1) is 7.14 Å². The highest BCUT2D eigenvalue weighted by atomic mass is 127. The van der Waals surface area contributed by atoms with E-state index in [0.29, 0.717) is 12.7 Å². The van der Waals surface area contributed by atoms with E-state index in [4.69, 9.17) is 17.5 Å². The maximum atomic E-state index is 11.6. The Morgan fingerprint density at radius 2 is 1.94 bits per heavy atom. The van der Waals surface area contributed by atoms with Crippen molar-refractivity contribution in [3.05, 3.63) is 24.8 Å². The lowest BCUT2D eigenvalue weighted by Gasteiger charge is -2.06. The standard InChI is InChI=1S/C8H6ClI2N3O2/c9-14-8(12)13-7(16)3-1-4(10)6(15)5(11)2-3/h1-2,15H,(H3,12,13,14,16). The van der Waals surface area contributed by atoms with Gasteiger partial charge in [-0.25, -0.2) is 0 Å². The van der Waals surface area contributed by atoms with Gasteiger partial charge in [-0.1, -0.05) is 0 Å². The van der Waals surface area contributed by atoms with Crippen molar-refractivity contribution in [2.75, 3.05) is 0 Å². The Kier molecular flexibility index (Phi) is 5.05. The Morgan fingerprint density at radius 1 is 1.44 bits per heavy atom. The van der Waals surface area contributed by atoms with E-state index in [1.54, 1.807) is 0 Å². The van der Waals surface area contributed by atoms with Gasteiger partial charge in [0.2, 0.25) is 5.96 Å². The molecule has 0 aliphatic carbocycles. The molecule has 1 aromatic carbocycles. The second-order valence-corrected chi connectivity index (χ2v) is 5.21. The van der Waals surface area contributed by atoms with Gasteiger partial charge in [0.15, 0.2) is 0 Å². The molecule has 0 saturated heterocycles. The Morgan fingerprint density at radius 3 is 2.38 bits per heavy atom. The number of nitrogens with two attached hydrogens (primary N) is 1. The number of phenolic OH excluding ortho intramolecular Hbond substituents is 1. The number of carbonyl (C=O) groups is 1. The van der Waals surface area contributed by atoms with Crippen molar-refractivity contribution in [2.45, 2.75) is 0 Å². The van der Waals surface area contributed by atoms with E-state index in [-0.39, 0.29) is 11.7 Å². The maximum absolute atomic E-state index is 11.6. The quantitative estimate of drug-likeness (QED) is 0.336. The first kappa shape index (κ1) is 13.8. The summed E-state index contributed by atoms with van der Waals surface area (Å²) >= 11 is 8.94. The number of carbonyl (C=O) groups excluding carboxylic acids is 1. The summed E-state index contributed by atoms with van der Waals surface area (Å²) in [5.74, 6) is -0.459. The minimum Gasteiger partial charge on any atom is -0.506 e. The first-order valence-corrected chi connectivity index (χ1v) is 6.39. The van der Waals surface area contributed by atoms with Crippen molar-refractivity contribution >= 4 is 68.8 Å². The highest BCUT2D eigenvalue weighted by molar-refractivity contribution is 14.1.